The van der Waals surface area contributed by atoms with Gasteiger partial charge in [0, 0.05) is 6.92 Å². The van der Waals surface area contributed by atoms with Crippen LogP contribution in [0.5, 0.6) is 5.75 Å². The van der Waals surface area contributed by atoms with Crippen LogP contribution in [0.15, 0.2) is 22.6 Å². The van der Waals surface area contributed by atoms with Gasteiger partial charge in [0.1, 0.15) is 5.75 Å². The molecule has 0 spiro atoms. The molecule has 0 bridgehead atoms. The predicted molar refractivity (Wildman–Crippen MR) is 84.8 cm³/mol. The fourth-order valence-electron chi connectivity index (χ4n) is 2.11. The summed E-state index contributed by atoms with van der Waals surface area (Å²) in [5, 5.41) is 7.83. The highest BCUT2D eigenvalue weighted by Crippen LogP contribution is 2.26. The molecular formula is C17H26N2O2. The number of aromatic nitrogens is 2. The summed E-state index contributed by atoms with van der Waals surface area (Å²) in [6.07, 6.45) is 2.87. The molecule has 0 saturated carbocycles. The third-order valence-electron chi connectivity index (χ3n) is 2.90. The van der Waals surface area contributed by atoms with Crippen molar-refractivity contribution in [3.63, 3.8) is 0 Å². The number of fused-ring (bicyclic) bond motifs is 1. The summed E-state index contributed by atoms with van der Waals surface area (Å²) in [6.45, 7) is 10.6. The molecule has 1 aromatic heterocycles. The van der Waals surface area contributed by atoms with E-state index >= 15 is 0 Å². The van der Waals surface area contributed by atoms with Gasteiger partial charge in [0.25, 0.3) is 0 Å². The smallest absolute Gasteiger partial charge is 0.220 e. The van der Waals surface area contributed by atoms with Gasteiger partial charge in [-0.3, -0.25) is 0 Å². The normalized spacial score (nSPS) is 12.0. The molecule has 2 heterocycles. The van der Waals surface area contributed by atoms with Crippen LogP contribution in [-0.4, -0.2) is 16.8 Å². The molecule has 0 aliphatic carbocycles. The topological polar surface area (TPSA) is 48.2 Å². The zero-order valence-electron chi connectivity index (χ0n) is 13.8. The minimum Gasteiger partial charge on any atom is -0.493 e. The molecule has 1 aliphatic heterocycles. The van der Waals surface area contributed by atoms with Crippen LogP contribution >= 0.6 is 0 Å². The van der Waals surface area contributed by atoms with E-state index in [9.17, 15) is 0 Å². The first-order valence-corrected chi connectivity index (χ1v) is 7.85. The Morgan fingerprint density at radius 2 is 1.86 bits per heavy atom. The Balaban J connectivity index is 0.000000510. The molecule has 4 nitrogen and oxygen atoms in total. The van der Waals surface area contributed by atoms with Crippen LogP contribution in [-0.2, 0) is 12.8 Å². The summed E-state index contributed by atoms with van der Waals surface area (Å²) in [4.78, 5) is 0. The average molecular weight is 290 g/mol. The van der Waals surface area contributed by atoms with Gasteiger partial charge in [-0.1, -0.05) is 39.8 Å². The van der Waals surface area contributed by atoms with Crippen LogP contribution < -0.4 is 4.74 Å². The second-order valence-corrected chi connectivity index (χ2v) is 4.29. The Labute approximate surface area is 127 Å². The first kappa shape index (κ1) is 17.2. The second kappa shape index (κ2) is 9.16. The maximum atomic E-state index is 5.58. The zero-order chi connectivity index (χ0) is 15.7. The maximum absolute atomic E-state index is 5.58. The van der Waals surface area contributed by atoms with Gasteiger partial charge in [-0.15, -0.1) is 10.2 Å². The first-order valence-electron chi connectivity index (χ1n) is 7.85. The number of ether oxygens (including phenoxy) is 1. The summed E-state index contributed by atoms with van der Waals surface area (Å²) in [7, 11) is 0. The Morgan fingerprint density at radius 1 is 1.10 bits per heavy atom. The van der Waals surface area contributed by atoms with Crippen molar-refractivity contribution in [1.29, 1.82) is 0 Å². The molecule has 0 fully saturated rings. The SMILES string of the molecule is CC.CC.Cc1nnc(Cc2ccc3c(c2)CCCO3)o1. The van der Waals surface area contributed by atoms with E-state index in [4.69, 9.17) is 9.15 Å². The van der Waals surface area contributed by atoms with E-state index < -0.39 is 0 Å². The van der Waals surface area contributed by atoms with Gasteiger partial charge in [-0.25, -0.2) is 0 Å². The van der Waals surface area contributed by atoms with Crippen molar-refractivity contribution in [3.05, 3.63) is 41.1 Å². The Morgan fingerprint density at radius 3 is 2.52 bits per heavy atom. The number of hydrogen-bond donors (Lipinski definition) is 0. The minimum atomic E-state index is 0.612. The highest BCUT2D eigenvalue weighted by Gasteiger charge is 2.11. The van der Waals surface area contributed by atoms with E-state index in [1.54, 1.807) is 6.92 Å². The quantitative estimate of drug-likeness (QED) is 0.825. The third-order valence-corrected chi connectivity index (χ3v) is 2.90. The van der Waals surface area contributed by atoms with Gasteiger partial charge >= 0.3 is 0 Å². The van der Waals surface area contributed by atoms with Gasteiger partial charge in [0.2, 0.25) is 11.8 Å². The van der Waals surface area contributed by atoms with Crippen molar-refractivity contribution in [2.45, 2.75) is 53.9 Å². The van der Waals surface area contributed by atoms with Crippen LogP contribution in [0.2, 0.25) is 0 Å². The molecule has 21 heavy (non-hydrogen) atoms. The van der Waals surface area contributed by atoms with Crippen molar-refractivity contribution >= 4 is 0 Å². The van der Waals surface area contributed by atoms with E-state index in [-0.39, 0.29) is 0 Å². The highest BCUT2D eigenvalue weighted by atomic mass is 16.5. The molecule has 0 radical (unpaired) electrons. The zero-order valence-corrected chi connectivity index (χ0v) is 13.8. The highest BCUT2D eigenvalue weighted by molar-refractivity contribution is 5.39. The van der Waals surface area contributed by atoms with Crippen molar-refractivity contribution < 1.29 is 9.15 Å². The van der Waals surface area contributed by atoms with Crippen molar-refractivity contribution in [1.82, 2.24) is 10.2 Å². The molecule has 116 valence electrons. The number of aryl methyl sites for hydroxylation is 2. The fourth-order valence-corrected chi connectivity index (χ4v) is 2.11. The Kier molecular flexibility index (Phi) is 7.51. The summed E-state index contributed by atoms with van der Waals surface area (Å²) in [5.41, 5.74) is 2.47. The van der Waals surface area contributed by atoms with E-state index in [0.717, 1.165) is 25.2 Å². The van der Waals surface area contributed by atoms with Gasteiger partial charge in [0.05, 0.1) is 13.0 Å². The number of nitrogens with zero attached hydrogens (tertiary/aromatic N) is 2. The molecular weight excluding hydrogens is 264 g/mol. The lowest BCUT2D eigenvalue weighted by Crippen LogP contribution is -2.08. The average Bonchev–Trinajstić information content (AvgIpc) is 2.96. The number of rotatable bonds is 2. The molecule has 1 aromatic carbocycles. The van der Waals surface area contributed by atoms with E-state index in [0.29, 0.717) is 18.2 Å². The number of hydrogen-bond acceptors (Lipinski definition) is 4. The maximum Gasteiger partial charge on any atom is 0.220 e. The van der Waals surface area contributed by atoms with Crippen LogP contribution in [0.3, 0.4) is 0 Å². The minimum absolute atomic E-state index is 0.612. The fraction of sp³-hybridized carbons (Fsp3) is 0.529. The summed E-state index contributed by atoms with van der Waals surface area (Å²) in [5.74, 6) is 2.29. The lowest BCUT2D eigenvalue weighted by molar-refractivity contribution is 0.288. The molecule has 0 unspecified atom stereocenters. The summed E-state index contributed by atoms with van der Waals surface area (Å²) < 4.78 is 11.0. The van der Waals surface area contributed by atoms with Gasteiger partial charge in [-0.05, 0) is 30.0 Å². The standard InChI is InChI=1S/C13H14N2O2.2C2H6/c1-9-14-15-13(17-9)8-10-4-5-12-11(7-10)3-2-6-16-12;2*1-2/h4-5,7H,2-3,6,8H2,1H3;2*1-2H3. The number of benzene rings is 1. The van der Waals surface area contributed by atoms with Gasteiger partial charge < -0.3 is 9.15 Å². The van der Waals surface area contributed by atoms with Gasteiger partial charge in [0.15, 0.2) is 0 Å². The third kappa shape index (κ3) is 4.88. The van der Waals surface area contributed by atoms with Crippen LogP contribution in [0, 0.1) is 6.92 Å². The summed E-state index contributed by atoms with van der Waals surface area (Å²) in [6, 6.07) is 6.27. The molecule has 3 rings (SSSR count). The molecule has 4 heteroatoms. The first-order chi connectivity index (χ1) is 10.3. The Bertz CT molecular complexity index is 535. The van der Waals surface area contributed by atoms with Crippen molar-refractivity contribution in [3.8, 4) is 5.75 Å². The Hall–Kier alpha value is -1.84. The van der Waals surface area contributed by atoms with Gasteiger partial charge in [-0.2, -0.15) is 0 Å². The lowest BCUT2D eigenvalue weighted by atomic mass is 10.0. The lowest BCUT2D eigenvalue weighted by Gasteiger charge is -2.17. The molecule has 0 atom stereocenters. The molecule has 1 aliphatic rings. The van der Waals surface area contributed by atoms with E-state index in [1.165, 1.54) is 11.1 Å². The van der Waals surface area contributed by atoms with Crippen LogP contribution in [0.1, 0.15) is 57.0 Å². The van der Waals surface area contributed by atoms with Crippen molar-refractivity contribution in [2.75, 3.05) is 6.61 Å². The second-order valence-electron chi connectivity index (χ2n) is 4.29. The van der Waals surface area contributed by atoms with E-state index in [2.05, 4.69) is 22.3 Å². The monoisotopic (exact) mass is 290 g/mol. The largest absolute Gasteiger partial charge is 0.493 e. The molecule has 0 saturated heterocycles. The molecule has 2 aromatic rings. The predicted octanol–water partition coefficient (Wildman–Crippen LogP) is 4.35. The van der Waals surface area contributed by atoms with Crippen LogP contribution in [0.25, 0.3) is 0 Å². The van der Waals surface area contributed by atoms with Crippen LogP contribution in [0.4, 0.5) is 0 Å². The van der Waals surface area contributed by atoms with Crippen molar-refractivity contribution in [2.24, 2.45) is 0 Å². The summed E-state index contributed by atoms with van der Waals surface area (Å²) >= 11 is 0. The molecule has 0 amide bonds. The molecule has 0 N–H and O–H groups in total. The van der Waals surface area contributed by atoms with E-state index in [1.807, 2.05) is 33.8 Å².